The second-order valence-corrected chi connectivity index (χ2v) is 8.23. The molecule has 1 aromatic heterocycles. The van der Waals surface area contributed by atoms with E-state index >= 15 is 0 Å². The van der Waals surface area contributed by atoms with Crippen molar-refractivity contribution in [1.29, 1.82) is 0 Å². The molecule has 1 heterocycles. The lowest BCUT2D eigenvalue weighted by Gasteiger charge is -2.39. The van der Waals surface area contributed by atoms with Gasteiger partial charge in [-0.2, -0.15) is 0 Å². The largest absolute Gasteiger partial charge is 0.349 e. The first-order valence-corrected chi connectivity index (χ1v) is 8.76. The van der Waals surface area contributed by atoms with E-state index in [1.54, 1.807) is 0 Å². The van der Waals surface area contributed by atoms with Gasteiger partial charge in [0.15, 0.2) is 0 Å². The zero-order valence-electron chi connectivity index (χ0n) is 14.5. The molecule has 2 fully saturated rings. The van der Waals surface area contributed by atoms with E-state index in [0.717, 1.165) is 18.2 Å². The van der Waals surface area contributed by atoms with Crippen molar-refractivity contribution in [3.05, 3.63) is 46.2 Å². The van der Waals surface area contributed by atoms with Crippen molar-refractivity contribution in [2.24, 2.45) is 16.7 Å². The van der Waals surface area contributed by atoms with E-state index in [-0.39, 0.29) is 28.3 Å². The molecule has 2 aromatic rings. The number of aromatic nitrogens is 1. The number of para-hydroxylation sites is 1. The number of nitrogens with one attached hydrogen (secondary N) is 2. The number of hydrogen-bond donors (Lipinski definition) is 2. The molecule has 2 saturated carbocycles. The Balaban J connectivity index is 1.68. The van der Waals surface area contributed by atoms with Crippen LogP contribution in [-0.4, -0.2) is 16.9 Å². The maximum absolute atomic E-state index is 12.9. The van der Waals surface area contributed by atoms with E-state index in [4.69, 9.17) is 0 Å². The summed E-state index contributed by atoms with van der Waals surface area (Å²) < 4.78 is 0. The van der Waals surface area contributed by atoms with Crippen LogP contribution >= 0.6 is 0 Å². The summed E-state index contributed by atoms with van der Waals surface area (Å²) in [5.41, 5.74) is 1.32. The van der Waals surface area contributed by atoms with Crippen LogP contribution in [0.3, 0.4) is 0 Å². The molecule has 2 N–H and O–H groups in total. The van der Waals surface area contributed by atoms with E-state index in [1.807, 2.05) is 24.3 Å². The highest BCUT2D eigenvalue weighted by Gasteiger charge is 2.61. The topological polar surface area (TPSA) is 62.0 Å². The highest BCUT2D eigenvalue weighted by Crippen LogP contribution is 2.65. The minimum atomic E-state index is -0.238. The van der Waals surface area contributed by atoms with Crippen molar-refractivity contribution in [3.8, 4) is 0 Å². The number of rotatable bonds is 2. The van der Waals surface area contributed by atoms with Crippen molar-refractivity contribution in [2.75, 3.05) is 0 Å². The number of amides is 1. The molecule has 0 saturated heterocycles. The molecule has 2 aliphatic carbocycles. The zero-order valence-corrected chi connectivity index (χ0v) is 14.5. The van der Waals surface area contributed by atoms with Crippen LogP contribution in [0.15, 0.2) is 35.1 Å². The molecular formula is C20H24N2O2. The van der Waals surface area contributed by atoms with Crippen molar-refractivity contribution in [1.82, 2.24) is 10.3 Å². The van der Waals surface area contributed by atoms with Crippen LogP contribution in [0.25, 0.3) is 10.9 Å². The number of hydrogen-bond acceptors (Lipinski definition) is 2. The predicted octanol–water partition coefficient (Wildman–Crippen LogP) is 3.47. The minimum absolute atomic E-state index is 0.129. The lowest BCUT2D eigenvalue weighted by Crippen LogP contribution is -2.47. The van der Waals surface area contributed by atoms with Crippen LogP contribution in [-0.2, 0) is 0 Å². The van der Waals surface area contributed by atoms with Crippen LogP contribution in [0.4, 0.5) is 0 Å². The van der Waals surface area contributed by atoms with Gasteiger partial charge in [0, 0.05) is 23.0 Å². The average Bonchev–Trinajstić information content (AvgIpc) is 2.87. The Morgan fingerprint density at radius 2 is 2.00 bits per heavy atom. The lowest BCUT2D eigenvalue weighted by molar-refractivity contribution is 0.0827. The Morgan fingerprint density at radius 3 is 2.67 bits per heavy atom. The highest BCUT2D eigenvalue weighted by molar-refractivity contribution is 6.06. The number of aromatic amines is 1. The smallest absolute Gasteiger partial charge is 0.252 e. The van der Waals surface area contributed by atoms with Gasteiger partial charge in [-0.25, -0.2) is 0 Å². The highest BCUT2D eigenvalue weighted by atomic mass is 16.2. The molecule has 1 amide bonds. The summed E-state index contributed by atoms with van der Waals surface area (Å²) in [6, 6.07) is 9.05. The van der Waals surface area contributed by atoms with E-state index in [9.17, 15) is 9.59 Å². The normalized spacial score (nSPS) is 30.6. The van der Waals surface area contributed by atoms with Gasteiger partial charge in [-0.1, -0.05) is 39.0 Å². The summed E-state index contributed by atoms with van der Waals surface area (Å²) >= 11 is 0. The Kier molecular flexibility index (Phi) is 3.18. The molecule has 126 valence electrons. The van der Waals surface area contributed by atoms with Gasteiger partial charge >= 0.3 is 0 Å². The first-order valence-electron chi connectivity index (χ1n) is 8.76. The summed E-state index contributed by atoms with van der Waals surface area (Å²) in [6.45, 7) is 6.97. The van der Waals surface area contributed by atoms with Gasteiger partial charge < -0.3 is 10.3 Å². The monoisotopic (exact) mass is 324 g/mol. The molecule has 0 spiro atoms. The van der Waals surface area contributed by atoms with Crippen LogP contribution in [0, 0.1) is 16.7 Å². The van der Waals surface area contributed by atoms with Gasteiger partial charge in [-0.05, 0) is 42.1 Å². The third kappa shape index (κ3) is 1.98. The first-order chi connectivity index (χ1) is 11.3. The number of benzene rings is 1. The summed E-state index contributed by atoms with van der Waals surface area (Å²) in [6.07, 6.45) is 3.45. The Hall–Kier alpha value is -2.10. The molecule has 0 radical (unpaired) electrons. The fraction of sp³-hybridized carbons (Fsp3) is 0.500. The number of carbonyl (C=O) groups excluding carboxylic acids is 1. The number of pyridine rings is 1. The molecule has 24 heavy (non-hydrogen) atoms. The molecule has 2 aliphatic rings. The second-order valence-electron chi connectivity index (χ2n) is 8.23. The van der Waals surface area contributed by atoms with Gasteiger partial charge in [0.25, 0.3) is 5.91 Å². The summed E-state index contributed by atoms with van der Waals surface area (Å²) in [4.78, 5) is 27.6. The number of fused-ring (bicyclic) bond motifs is 3. The fourth-order valence-electron chi connectivity index (χ4n) is 5.05. The van der Waals surface area contributed by atoms with E-state index in [2.05, 4.69) is 31.1 Å². The predicted molar refractivity (Wildman–Crippen MR) is 95.1 cm³/mol. The molecule has 3 atom stereocenters. The van der Waals surface area contributed by atoms with Crippen LogP contribution in [0.5, 0.6) is 0 Å². The molecule has 1 aromatic carbocycles. The van der Waals surface area contributed by atoms with Gasteiger partial charge in [0.05, 0.1) is 5.56 Å². The van der Waals surface area contributed by atoms with Gasteiger partial charge in [0.2, 0.25) is 5.56 Å². The summed E-state index contributed by atoms with van der Waals surface area (Å²) in [5.74, 6) is 0.538. The summed E-state index contributed by atoms with van der Waals surface area (Å²) in [5, 5.41) is 4.04. The molecule has 4 heteroatoms. The van der Waals surface area contributed by atoms with Crippen LogP contribution in [0.1, 0.15) is 50.4 Å². The molecule has 4 nitrogen and oxygen atoms in total. The van der Waals surface area contributed by atoms with Crippen LogP contribution < -0.4 is 10.9 Å². The maximum atomic E-state index is 12.9. The minimum Gasteiger partial charge on any atom is -0.349 e. The molecule has 2 bridgehead atoms. The first kappa shape index (κ1) is 15.4. The van der Waals surface area contributed by atoms with E-state index in [1.165, 1.54) is 12.5 Å². The molecular weight excluding hydrogens is 300 g/mol. The van der Waals surface area contributed by atoms with Crippen LogP contribution in [0.2, 0.25) is 0 Å². The van der Waals surface area contributed by atoms with Crippen molar-refractivity contribution in [3.63, 3.8) is 0 Å². The van der Waals surface area contributed by atoms with E-state index < -0.39 is 0 Å². The lowest BCUT2D eigenvalue weighted by atomic mass is 9.69. The standard InChI is InChI=1S/C20H24N2O2/c1-19(2)12-8-9-20(19,3)16(10-12)22-18(24)14-11-17(23)21-15-7-5-4-6-13(14)15/h4-7,11-12,16H,8-10H2,1-3H3,(H,21,23)(H,22,24)/t12-,16+,20-/m0/s1. The number of H-pyrrole nitrogens is 1. The number of carbonyl (C=O) groups is 1. The SMILES string of the molecule is CC1(C)[C@H]2CC[C@@]1(C)[C@H](NC(=O)c1cc(=O)[nH]c3ccccc13)C2. The Labute approximate surface area is 141 Å². The Bertz CT molecular complexity index is 883. The van der Waals surface area contributed by atoms with Crippen molar-refractivity contribution >= 4 is 16.8 Å². The second kappa shape index (κ2) is 4.95. The van der Waals surface area contributed by atoms with E-state index in [0.29, 0.717) is 17.0 Å². The summed E-state index contributed by atoms with van der Waals surface area (Å²) in [7, 11) is 0. The molecule has 0 aliphatic heterocycles. The fourth-order valence-corrected chi connectivity index (χ4v) is 5.05. The Morgan fingerprint density at radius 1 is 1.25 bits per heavy atom. The van der Waals surface area contributed by atoms with Gasteiger partial charge in [-0.3, -0.25) is 9.59 Å². The zero-order chi connectivity index (χ0) is 17.1. The quantitative estimate of drug-likeness (QED) is 0.888. The molecule has 4 rings (SSSR count). The van der Waals surface area contributed by atoms with Crippen molar-refractivity contribution < 1.29 is 4.79 Å². The average molecular weight is 324 g/mol. The van der Waals surface area contributed by atoms with Gasteiger partial charge in [-0.15, -0.1) is 0 Å². The molecule has 0 unspecified atom stereocenters. The third-order valence-corrected chi connectivity index (χ3v) is 7.09. The van der Waals surface area contributed by atoms with Gasteiger partial charge in [0.1, 0.15) is 0 Å². The van der Waals surface area contributed by atoms with Crippen molar-refractivity contribution in [2.45, 2.75) is 46.1 Å². The maximum Gasteiger partial charge on any atom is 0.252 e. The third-order valence-electron chi connectivity index (χ3n) is 7.09.